The van der Waals surface area contributed by atoms with E-state index in [9.17, 15) is 0 Å². The van der Waals surface area contributed by atoms with Gasteiger partial charge in [0, 0.05) is 33.4 Å². The summed E-state index contributed by atoms with van der Waals surface area (Å²) in [7, 11) is 3.65. The van der Waals surface area contributed by atoms with Gasteiger partial charge < -0.3 is 24.7 Å². The van der Waals surface area contributed by atoms with Crippen molar-refractivity contribution in [2.24, 2.45) is 12.0 Å². The fourth-order valence-electron chi connectivity index (χ4n) is 2.89. The fraction of sp³-hybridized carbons (Fsp3) is 0.591. The highest BCUT2D eigenvalue weighted by Crippen LogP contribution is 2.13. The van der Waals surface area contributed by atoms with Crippen molar-refractivity contribution in [2.45, 2.75) is 46.1 Å². The predicted octanol–water partition coefficient (Wildman–Crippen LogP) is 3.23. The first kappa shape index (κ1) is 27.2. The van der Waals surface area contributed by atoms with Crippen LogP contribution in [-0.4, -0.2) is 54.1 Å². The molecule has 0 aliphatic heterocycles. The molecule has 0 radical (unpaired) electrons. The monoisotopic (exact) mass is 544 g/mol. The van der Waals surface area contributed by atoms with Crippen LogP contribution in [0.5, 0.6) is 5.75 Å². The lowest BCUT2D eigenvalue weighted by molar-refractivity contribution is 0.145. The highest BCUT2D eigenvalue weighted by molar-refractivity contribution is 14.0. The minimum Gasteiger partial charge on any atom is -0.497 e. The van der Waals surface area contributed by atoms with Gasteiger partial charge in [-0.3, -0.25) is 0 Å². The molecule has 174 valence electrons. The largest absolute Gasteiger partial charge is 0.497 e. The first-order valence-electron chi connectivity index (χ1n) is 10.7. The molecule has 0 aliphatic carbocycles. The Kier molecular flexibility index (Phi) is 13.9. The predicted molar refractivity (Wildman–Crippen MR) is 135 cm³/mol. The molecule has 1 heterocycles. The summed E-state index contributed by atoms with van der Waals surface area (Å²) < 4.78 is 12.6. The van der Waals surface area contributed by atoms with Crippen LogP contribution in [0.3, 0.4) is 0 Å². The van der Waals surface area contributed by atoms with E-state index in [4.69, 9.17) is 9.47 Å². The first-order chi connectivity index (χ1) is 14.6. The summed E-state index contributed by atoms with van der Waals surface area (Å²) in [5.41, 5.74) is 1.33. The van der Waals surface area contributed by atoms with E-state index in [-0.39, 0.29) is 24.0 Å². The molecule has 0 spiro atoms. The molecule has 31 heavy (non-hydrogen) atoms. The van der Waals surface area contributed by atoms with Crippen LogP contribution in [0.1, 0.15) is 43.4 Å². The lowest BCUT2D eigenvalue weighted by Crippen LogP contribution is -2.38. The highest BCUT2D eigenvalue weighted by Gasteiger charge is 2.05. The number of aliphatic imine (C=N–C) groups is 1. The van der Waals surface area contributed by atoms with Crippen molar-refractivity contribution in [2.75, 3.05) is 33.4 Å². The zero-order chi connectivity index (χ0) is 21.6. The number of hydrogen-bond acceptors (Lipinski definition) is 5. The minimum atomic E-state index is 0. The second-order valence-corrected chi connectivity index (χ2v) is 7.10. The Balaban J connectivity index is 0.00000480. The second-order valence-electron chi connectivity index (χ2n) is 7.10. The van der Waals surface area contributed by atoms with Gasteiger partial charge in [-0.25, -0.2) is 4.99 Å². The number of rotatable bonds is 13. The van der Waals surface area contributed by atoms with Crippen molar-refractivity contribution >= 4 is 29.9 Å². The van der Waals surface area contributed by atoms with E-state index in [1.165, 1.54) is 5.56 Å². The van der Waals surface area contributed by atoms with Crippen molar-refractivity contribution in [3.05, 3.63) is 41.5 Å². The SMILES string of the molecule is CCOCCCNC(=NCc1nnc(C)n1C)NCCCCc1ccc(OC)cc1.I. The summed E-state index contributed by atoms with van der Waals surface area (Å²) >= 11 is 0. The fourth-order valence-corrected chi connectivity index (χ4v) is 2.89. The zero-order valence-corrected chi connectivity index (χ0v) is 21.5. The average Bonchev–Trinajstić information content (AvgIpc) is 3.09. The van der Waals surface area contributed by atoms with E-state index < -0.39 is 0 Å². The number of guanidine groups is 1. The van der Waals surface area contributed by atoms with Crippen LogP contribution in [0.15, 0.2) is 29.3 Å². The highest BCUT2D eigenvalue weighted by atomic mass is 127. The molecule has 8 nitrogen and oxygen atoms in total. The molecular weight excluding hydrogens is 507 g/mol. The molecule has 0 aliphatic rings. The quantitative estimate of drug-likeness (QED) is 0.174. The van der Waals surface area contributed by atoms with E-state index in [1.54, 1.807) is 7.11 Å². The molecule has 1 aromatic heterocycles. The molecule has 0 amide bonds. The molecule has 9 heteroatoms. The molecule has 0 fully saturated rings. The molecule has 0 saturated carbocycles. The molecule has 1 aromatic carbocycles. The number of aromatic nitrogens is 3. The first-order valence-corrected chi connectivity index (χ1v) is 10.7. The summed E-state index contributed by atoms with van der Waals surface area (Å²) in [6.45, 7) is 7.62. The minimum absolute atomic E-state index is 0. The number of unbranched alkanes of at least 4 members (excludes halogenated alkanes) is 1. The van der Waals surface area contributed by atoms with Crippen LogP contribution >= 0.6 is 24.0 Å². The average molecular weight is 544 g/mol. The Hall–Kier alpha value is -1.88. The van der Waals surface area contributed by atoms with Gasteiger partial charge in [0.2, 0.25) is 0 Å². The number of nitrogens with one attached hydrogen (secondary N) is 2. The summed E-state index contributed by atoms with van der Waals surface area (Å²) in [5.74, 6) is 3.44. The maximum atomic E-state index is 5.40. The van der Waals surface area contributed by atoms with Crippen molar-refractivity contribution in [3.8, 4) is 5.75 Å². The Morgan fingerprint density at radius 2 is 1.77 bits per heavy atom. The summed E-state index contributed by atoms with van der Waals surface area (Å²) in [6.07, 6.45) is 4.17. The van der Waals surface area contributed by atoms with Crippen molar-refractivity contribution < 1.29 is 9.47 Å². The number of halogens is 1. The molecule has 0 saturated heterocycles. The molecule has 2 rings (SSSR count). The van der Waals surface area contributed by atoms with Gasteiger partial charge in [0.1, 0.15) is 18.1 Å². The zero-order valence-electron chi connectivity index (χ0n) is 19.2. The van der Waals surface area contributed by atoms with Crippen molar-refractivity contribution in [3.63, 3.8) is 0 Å². The van der Waals surface area contributed by atoms with Crippen molar-refractivity contribution in [1.82, 2.24) is 25.4 Å². The molecule has 2 N–H and O–H groups in total. The Bertz CT molecular complexity index is 764. The second kappa shape index (κ2) is 15.9. The van der Waals surface area contributed by atoms with Crippen LogP contribution in [0.25, 0.3) is 0 Å². The molecule has 2 aromatic rings. The Morgan fingerprint density at radius 3 is 2.39 bits per heavy atom. The summed E-state index contributed by atoms with van der Waals surface area (Å²) in [4.78, 5) is 4.68. The third-order valence-electron chi connectivity index (χ3n) is 4.87. The van der Waals surface area contributed by atoms with Crippen LogP contribution < -0.4 is 15.4 Å². The number of ether oxygens (including phenoxy) is 2. The number of benzene rings is 1. The van der Waals surface area contributed by atoms with Crippen LogP contribution in [0.2, 0.25) is 0 Å². The van der Waals surface area contributed by atoms with Gasteiger partial charge in [0.05, 0.1) is 7.11 Å². The molecular formula is C22H37IN6O2. The van der Waals surface area contributed by atoms with Crippen molar-refractivity contribution in [1.29, 1.82) is 0 Å². The van der Waals surface area contributed by atoms with Crippen LogP contribution in [0.4, 0.5) is 0 Å². The maximum Gasteiger partial charge on any atom is 0.191 e. The maximum absolute atomic E-state index is 5.40. The van der Waals surface area contributed by atoms with Gasteiger partial charge in [-0.2, -0.15) is 0 Å². The molecule has 0 bridgehead atoms. The van der Waals surface area contributed by atoms with Gasteiger partial charge in [0.25, 0.3) is 0 Å². The standard InChI is InChI=1S/C22H36N6O2.HI/c1-5-30-16-8-15-24-22(25-17-21-27-26-18(2)28(21)3)23-14-7-6-9-19-10-12-20(29-4)13-11-19;/h10-13H,5-9,14-17H2,1-4H3,(H2,23,24,25);1H. The van der Waals surface area contributed by atoms with E-state index in [0.29, 0.717) is 6.54 Å². The van der Waals surface area contributed by atoms with E-state index in [2.05, 4.69) is 38.0 Å². The molecule has 0 unspecified atom stereocenters. The van der Waals surface area contributed by atoms with Gasteiger partial charge in [-0.1, -0.05) is 12.1 Å². The van der Waals surface area contributed by atoms with Crippen LogP contribution in [0, 0.1) is 6.92 Å². The van der Waals surface area contributed by atoms with Gasteiger partial charge in [-0.15, -0.1) is 34.2 Å². The third-order valence-corrected chi connectivity index (χ3v) is 4.87. The Labute approximate surface area is 203 Å². The van der Waals surface area contributed by atoms with E-state index >= 15 is 0 Å². The number of hydrogen-bond donors (Lipinski definition) is 2. The molecule has 0 atom stereocenters. The summed E-state index contributed by atoms with van der Waals surface area (Å²) in [6, 6.07) is 8.28. The summed E-state index contributed by atoms with van der Waals surface area (Å²) in [5, 5.41) is 15.1. The topological polar surface area (TPSA) is 85.6 Å². The number of nitrogens with zero attached hydrogens (tertiary/aromatic N) is 4. The van der Waals surface area contributed by atoms with Gasteiger partial charge in [-0.05, 0) is 57.2 Å². The van der Waals surface area contributed by atoms with Crippen LogP contribution in [-0.2, 0) is 24.8 Å². The van der Waals surface area contributed by atoms with E-state index in [1.807, 2.05) is 37.6 Å². The van der Waals surface area contributed by atoms with Gasteiger partial charge in [0.15, 0.2) is 11.8 Å². The smallest absolute Gasteiger partial charge is 0.191 e. The Morgan fingerprint density at radius 1 is 1.06 bits per heavy atom. The number of aryl methyl sites for hydroxylation is 2. The lowest BCUT2D eigenvalue weighted by Gasteiger charge is -2.13. The van der Waals surface area contributed by atoms with Gasteiger partial charge >= 0.3 is 0 Å². The third kappa shape index (κ3) is 10.3. The normalized spacial score (nSPS) is 11.2. The van der Waals surface area contributed by atoms with E-state index in [0.717, 1.165) is 75.3 Å². The number of methoxy groups -OCH3 is 1. The lowest BCUT2D eigenvalue weighted by atomic mass is 10.1.